The molecule has 2 aliphatic rings. The highest BCUT2D eigenvalue weighted by atomic mass is 16.6. The van der Waals surface area contributed by atoms with Gasteiger partial charge < -0.3 is 10.1 Å². The van der Waals surface area contributed by atoms with Crippen molar-refractivity contribution in [2.24, 2.45) is 0 Å². The number of Topliss-reactive ketones (excluding diaryl/α,β-unsaturated/α-hetero) is 1. The Hall–Kier alpha value is -1.49. The fourth-order valence-electron chi connectivity index (χ4n) is 2.92. The Kier molecular flexibility index (Phi) is 5.51. The molecule has 5 nitrogen and oxygen atoms in total. The van der Waals surface area contributed by atoms with Gasteiger partial charge in [0.05, 0.1) is 0 Å². The molecule has 2 aliphatic heterocycles. The number of hydrogen-bond donors (Lipinski definition) is 1. The normalized spacial score (nSPS) is 26.8. The van der Waals surface area contributed by atoms with Gasteiger partial charge in [-0.25, -0.2) is 0 Å². The maximum Gasteiger partial charge on any atom is 0.267 e. The molecule has 2 rings (SSSR count). The van der Waals surface area contributed by atoms with Crippen LogP contribution in [0.25, 0.3) is 0 Å². The summed E-state index contributed by atoms with van der Waals surface area (Å²) in [6.45, 7) is 3.82. The summed E-state index contributed by atoms with van der Waals surface area (Å²) in [5.74, 6) is -1.05. The number of hydrogen-bond acceptors (Lipinski definition) is 4. The quantitative estimate of drug-likeness (QED) is 0.403. The minimum Gasteiger partial charge on any atom is -0.339 e. The van der Waals surface area contributed by atoms with E-state index in [1.165, 1.54) is 31.8 Å². The van der Waals surface area contributed by atoms with Crippen LogP contribution in [-0.4, -0.2) is 29.2 Å². The summed E-state index contributed by atoms with van der Waals surface area (Å²) >= 11 is 0. The lowest BCUT2D eigenvalue weighted by atomic mass is 9.91. The Bertz CT molecular complexity index is 497. The van der Waals surface area contributed by atoms with Crippen molar-refractivity contribution in [3.63, 3.8) is 0 Å². The van der Waals surface area contributed by atoms with Crippen LogP contribution >= 0.6 is 0 Å². The van der Waals surface area contributed by atoms with E-state index in [9.17, 15) is 14.4 Å². The van der Waals surface area contributed by atoms with Gasteiger partial charge in [0.1, 0.15) is 0 Å². The molecule has 1 amide bonds. The number of rotatable bonds is 9. The summed E-state index contributed by atoms with van der Waals surface area (Å²) in [5, 5.41) is 2.57. The zero-order valence-electron chi connectivity index (χ0n) is 13.4. The lowest BCUT2D eigenvalue weighted by Crippen LogP contribution is -2.48. The fourth-order valence-corrected chi connectivity index (χ4v) is 2.92. The smallest absolute Gasteiger partial charge is 0.267 e. The number of nitrogens with one attached hydrogen (secondary N) is 1. The average Bonchev–Trinajstić information content (AvgIpc) is 3.21. The number of carbonyl (C=O) groups excluding carboxylic acids is 3. The first-order valence-corrected chi connectivity index (χ1v) is 8.27. The largest absolute Gasteiger partial charge is 0.339 e. The lowest BCUT2D eigenvalue weighted by molar-refractivity contribution is -0.134. The molecular weight excluding hydrogens is 282 g/mol. The SMILES string of the molecule is CCCCCCCCCC(=O)[C@H]1O[C@@]12C(=O)C=C(C)NC2=O. The van der Waals surface area contributed by atoms with Crippen LogP contribution in [0, 0.1) is 0 Å². The van der Waals surface area contributed by atoms with Gasteiger partial charge in [-0.3, -0.25) is 14.4 Å². The highest BCUT2D eigenvalue weighted by Gasteiger charge is 2.71. The number of allylic oxidation sites excluding steroid dienone is 1. The number of epoxide rings is 1. The summed E-state index contributed by atoms with van der Waals surface area (Å²) in [7, 11) is 0. The second-order valence-electron chi connectivity index (χ2n) is 6.22. The first-order chi connectivity index (χ1) is 10.5. The maximum atomic E-state index is 12.1. The van der Waals surface area contributed by atoms with Gasteiger partial charge in [-0.1, -0.05) is 45.4 Å². The molecule has 1 fully saturated rings. The van der Waals surface area contributed by atoms with Crippen LogP contribution in [0.4, 0.5) is 0 Å². The van der Waals surface area contributed by atoms with Crippen molar-refractivity contribution in [2.75, 3.05) is 0 Å². The molecular formula is C17H25NO4. The predicted octanol–water partition coefficient (Wildman–Crippen LogP) is 2.44. The van der Waals surface area contributed by atoms with E-state index in [-0.39, 0.29) is 5.78 Å². The van der Waals surface area contributed by atoms with E-state index < -0.39 is 23.4 Å². The molecule has 122 valence electrons. The van der Waals surface area contributed by atoms with Crippen LogP contribution in [0.2, 0.25) is 0 Å². The number of carbonyl (C=O) groups is 3. The molecule has 1 saturated heterocycles. The Labute approximate surface area is 131 Å². The van der Waals surface area contributed by atoms with E-state index in [4.69, 9.17) is 4.74 Å². The van der Waals surface area contributed by atoms with Gasteiger partial charge in [-0.05, 0) is 13.3 Å². The van der Waals surface area contributed by atoms with Crippen molar-refractivity contribution >= 4 is 17.5 Å². The molecule has 2 heterocycles. The minimum absolute atomic E-state index is 0.134. The van der Waals surface area contributed by atoms with Gasteiger partial charge >= 0.3 is 0 Å². The summed E-state index contributed by atoms with van der Waals surface area (Å²) in [5.41, 5.74) is -1.06. The Morgan fingerprint density at radius 1 is 1.18 bits per heavy atom. The molecule has 0 aliphatic carbocycles. The summed E-state index contributed by atoms with van der Waals surface area (Å²) in [6, 6.07) is 0. The van der Waals surface area contributed by atoms with Gasteiger partial charge in [0.2, 0.25) is 11.4 Å². The second-order valence-corrected chi connectivity index (χ2v) is 6.22. The Balaban J connectivity index is 1.72. The van der Waals surface area contributed by atoms with Crippen molar-refractivity contribution in [1.29, 1.82) is 0 Å². The first kappa shape index (κ1) is 16.9. The average molecular weight is 307 g/mol. The van der Waals surface area contributed by atoms with Crippen LogP contribution < -0.4 is 5.32 Å². The van der Waals surface area contributed by atoms with Gasteiger partial charge in [-0.15, -0.1) is 0 Å². The van der Waals surface area contributed by atoms with Crippen LogP contribution in [0.5, 0.6) is 0 Å². The predicted molar refractivity (Wildman–Crippen MR) is 82.1 cm³/mol. The van der Waals surface area contributed by atoms with Crippen LogP contribution in [0.3, 0.4) is 0 Å². The highest BCUT2D eigenvalue weighted by Crippen LogP contribution is 2.41. The monoisotopic (exact) mass is 307 g/mol. The van der Waals surface area contributed by atoms with Gasteiger partial charge in [0, 0.05) is 18.2 Å². The van der Waals surface area contributed by atoms with Crippen molar-refractivity contribution in [3.05, 3.63) is 11.8 Å². The third kappa shape index (κ3) is 3.46. The van der Waals surface area contributed by atoms with E-state index in [0.29, 0.717) is 12.1 Å². The molecule has 5 heteroatoms. The minimum atomic E-state index is -1.56. The fraction of sp³-hybridized carbons (Fsp3) is 0.706. The van der Waals surface area contributed by atoms with Gasteiger partial charge in [-0.2, -0.15) is 0 Å². The molecule has 0 radical (unpaired) electrons. The molecule has 0 aromatic heterocycles. The molecule has 0 aromatic rings. The Morgan fingerprint density at radius 2 is 1.82 bits per heavy atom. The maximum absolute atomic E-state index is 12.1. The number of ether oxygens (including phenoxy) is 1. The summed E-state index contributed by atoms with van der Waals surface area (Å²) in [6.07, 6.45) is 8.71. The highest BCUT2D eigenvalue weighted by molar-refractivity contribution is 6.23. The van der Waals surface area contributed by atoms with E-state index in [2.05, 4.69) is 12.2 Å². The standard InChI is InChI=1S/C17H25NO4/c1-3-4-5-6-7-8-9-10-13(19)15-17(22-15)14(20)11-12(2)18-16(17)21/h11,15H,3-10H2,1-2H3,(H,18,21)/t15-,17+/m1/s1. The van der Waals surface area contributed by atoms with Gasteiger partial charge in [0.15, 0.2) is 11.9 Å². The van der Waals surface area contributed by atoms with Crippen molar-refractivity contribution in [1.82, 2.24) is 5.32 Å². The van der Waals surface area contributed by atoms with Crippen LogP contribution in [0.1, 0.15) is 65.2 Å². The van der Waals surface area contributed by atoms with Crippen molar-refractivity contribution in [2.45, 2.75) is 76.9 Å². The zero-order chi connectivity index (χ0) is 16.2. The van der Waals surface area contributed by atoms with Crippen molar-refractivity contribution < 1.29 is 19.1 Å². The topological polar surface area (TPSA) is 75.8 Å². The van der Waals surface area contributed by atoms with Crippen LogP contribution in [-0.2, 0) is 19.1 Å². The lowest BCUT2D eigenvalue weighted by Gasteiger charge is -2.16. The zero-order valence-corrected chi connectivity index (χ0v) is 13.4. The molecule has 1 N–H and O–H groups in total. The van der Waals surface area contributed by atoms with Crippen LogP contribution in [0.15, 0.2) is 11.8 Å². The summed E-state index contributed by atoms with van der Waals surface area (Å²) < 4.78 is 5.23. The number of unbranched alkanes of at least 4 members (excludes halogenated alkanes) is 6. The third-order valence-corrected chi connectivity index (χ3v) is 4.30. The number of amides is 1. The molecule has 0 saturated carbocycles. The molecule has 0 unspecified atom stereocenters. The van der Waals surface area contributed by atoms with E-state index in [1.54, 1.807) is 6.92 Å². The van der Waals surface area contributed by atoms with Gasteiger partial charge in [0.25, 0.3) is 5.91 Å². The van der Waals surface area contributed by atoms with E-state index >= 15 is 0 Å². The molecule has 22 heavy (non-hydrogen) atoms. The molecule has 2 atom stereocenters. The number of ketones is 2. The van der Waals surface area contributed by atoms with Crippen molar-refractivity contribution in [3.8, 4) is 0 Å². The molecule has 0 aromatic carbocycles. The summed E-state index contributed by atoms with van der Waals surface area (Å²) in [4.78, 5) is 36.0. The van der Waals surface area contributed by atoms with E-state index in [1.807, 2.05) is 0 Å². The third-order valence-electron chi connectivity index (χ3n) is 4.30. The molecule has 0 bridgehead atoms. The second kappa shape index (κ2) is 7.18. The van der Waals surface area contributed by atoms with E-state index in [0.717, 1.165) is 19.3 Å². The first-order valence-electron chi connectivity index (χ1n) is 8.27. The molecule has 1 spiro atoms. The Morgan fingerprint density at radius 3 is 2.45 bits per heavy atom.